The monoisotopic (exact) mass is 359 g/mol. The van der Waals surface area contributed by atoms with Gasteiger partial charge in [-0.1, -0.05) is 62.9 Å². The van der Waals surface area contributed by atoms with Crippen molar-refractivity contribution in [3.05, 3.63) is 35.9 Å². The number of ether oxygens (including phenoxy) is 1. The zero-order chi connectivity index (χ0) is 18.5. The Kier molecular flexibility index (Phi) is 6.30. The number of imide groups is 1. The Labute approximate surface area is 155 Å². The number of hydrogen-bond donors (Lipinski definition) is 1. The molecule has 1 aromatic rings. The van der Waals surface area contributed by atoms with Crippen molar-refractivity contribution in [1.29, 1.82) is 0 Å². The third kappa shape index (κ3) is 4.64. The highest BCUT2D eigenvalue weighted by Gasteiger charge is 2.44. The number of carbonyl (C=O) groups excluding carboxylic acids is 2. The van der Waals surface area contributed by atoms with Crippen LogP contribution < -0.4 is 0 Å². The molecule has 1 saturated heterocycles. The normalized spacial score (nSPS) is 22.2. The van der Waals surface area contributed by atoms with Gasteiger partial charge in [-0.05, 0) is 30.7 Å². The van der Waals surface area contributed by atoms with E-state index in [9.17, 15) is 14.7 Å². The molecule has 5 nitrogen and oxygen atoms in total. The maximum atomic E-state index is 13.2. The molecule has 1 saturated carbocycles. The molecule has 2 fully saturated rings. The van der Waals surface area contributed by atoms with Crippen molar-refractivity contribution in [3.63, 3.8) is 0 Å². The first-order chi connectivity index (χ1) is 12.6. The number of carbonyl (C=O) groups is 2. The van der Waals surface area contributed by atoms with E-state index in [1.54, 1.807) is 0 Å². The van der Waals surface area contributed by atoms with Crippen LogP contribution in [-0.4, -0.2) is 40.8 Å². The first-order valence-electron chi connectivity index (χ1n) is 9.82. The van der Waals surface area contributed by atoms with Crippen LogP contribution in [-0.2, 0) is 16.0 Å². The average molecular weight is 359 g/mol. The number of unbranched alkanes of at least 4 members (excludes halogenated alkanes) is 1. The van der Waals surface area contributed by atoms with Crippen LogP contribution in [0.25, 0.3) is 0 Å². The fourth-order valence-electron chi connectivity index (χ4n) is 3.70. The number of hydrogen-bond acceptors (Lipinski definition) is 4. The summed E-state index contributed by atoms with van der Waals surface area (Å²) in [5.74, 6) is -0.256. The van der Waals surface area contributed by atoms with E-state index in [1.807, 2.05) is 30.3 Å². The van der Waals surface area contributed by atoms with Crippen molar-refractivity contribution in [2.75, 3.05) is 6.61 Å². The van der Waals surface area contributed by atoms with Crippen LogP contribution in [0.5, 0.6) is 0 Å². The molecule has 0 bridgehead atoms. The van der Waals surface area contributed by atoms with Crippen molar-refractivity contribution in [1.82, 2.24) is 4.90 Å². The number of amides is 2. The first-order valence-corrected chi connectivity index (χ1v) is 9.82. The zero-order valence-corrected chi connectivity index (χ0v) is 15.5. The molecule has 1 heterocycles. The molecule has 1 aliphatic carbocycles. The van der Waals surface area contributed by atoms with E-state index in [0.29, 0.717) is 25.2 Å². The molecular formula is C21H29NO4. The molecular weight excluding hydrogens is 330 g/mol. The Bertz CT molecular complexity index is 614. The maximum Gasteiger partial charge on any atom is 0.416 e. The highest BCUT2D eigenvalue weighted by Crippen LogP contribution is 2.38. The summed E-state index contributed by atoms with van der Waals surface area (Å²) in [6.45, 7) is 2.29. The SMILES string of the molecule is CCCCC(O)C(CC1CC1)C(=O)N1C(=O)OCC1Cc1ccccc1. The third-order valence-electron chi connectivity index (χ3n) is 5.43. The van der Waals surface area contributed by atoms with Crippen LogP contribution in [0.3, 0.4) is 0 Å². The largest absolute Gasteiger partial charge is 0.447 e. The molecule has 1 N–H and O–H groups in total. The minimum Gasteiger partial charge on any atom is -0.447 e. The number of nitrogens with zero attached hydrogens (tertiary/aromatic N) is 1. The van der Waals surface area contributed by atoms with Crippen molar-refractivity contribution >= 4 is 12.0 Å². The molecule has 26 heavy (non-hydrogen) atoms. The molecule has 142 valence electrons. The number of cyclic esters (lactones) is 1. The van der Waals surface area contributed by atoms with Gasteiger partial charge in [-0.25, -0.2) is 9.69 Å². The Morgan fingerprint density at radius 3 is 2.69 bits per heavy atom. The van der Waals surface area contributed by atoms with Crippen LogP contribution in [0, 0.1) is 11.8 Å². The molecule has 2 amide bonds. The lowest BCUT2D eigenvalue weighted by Gasteiger charge is -2.28. The van der Waals surface area contributed by atoms with E-state index in [1.165, 1.54) is 4.90 Å². The second-order valence-corrected chi connectivity index (χ2v) is 7.62. The van der Waals surface area contributed by atoms with E-state index in [0.717, 1.165) is 31.2 Å². The summed E-state index contributed by atoms with van der Waals surface area (Å²) in [7, 11) is 0. The van der Waals surface area contributed by atoms with Gasteiger partial charge in [0.25, 0.3) is 0 Å². The van der Waals surface area contributed by atoms with Gasteiger partial charge in [0, 0.05) is 0 Å². The standard InChI is InChI=1S/C21H29NO4/c1-2-3-9-19(23)18(13-16-10-11-16)20(24)22-17(14-26-21(22)25)12-15-7-5-4-6-8-15/h4-8,16-19,23H,2-3,9-14H2,1H3. The quantitative estimate of drug-likeness (QED) is 0.732. The summed E-state index contributed by atoms with van der Waals surface area (Å²) in [6, 6.07) is 9.52. The van der Waals surface area contributed by atoms with Gasteiger partial charge in [-0.2, -0.15) is 0 Å². The molecule has 1 aliphatic heterocycles. The topological polar surface area (TPSA) is 66.8 Å². The average Bonchev–Trinajstić information content (AvgIpc) is 3.40. The van der Waals surface area contributed by atoms with Gasteiger partial charge in [-0.15, -0.1) is 0 Å². The van der Waals surface area contributed by atoms with Crippen molar-refractivity contribution in [2.24, 2.45) is 11.8 Å². The summed E-state index contributed by atoms with van der Waals surface area (Å²) < 4.78 is 5.19. The minimum atomic E-state index is -0.686. The lowest BCUT2D eigenvalue weighted by molar-refractivity contribution is -0.138. The molecule has 0 spiro atoms. The van der Waals surface area contributed by atoms with E-state index in [-0.39, 0.29) is 18.6 Å². The zero-order valence-electron chi connectivity index (χ0n) is 15.5. The molecule has 0 radical (unpaired) electrons. The van der Waals surface area contributed by atoms with Crippen LogP contribution in [0.1, 0.15) is 51.0 Å². The fourth-order valence-corrected chi connectivity index (χ4v) is 3.70. The Hall–Kier alpha value is -1.88. The highest BCUT2D eigenvalue weighted by molar-refractivity contribution is 5.95. The van der Waals surface area contributed by atoms with Gasteiger partial charge in [0.2, 0.25) is 5.91 Å². The van der Waals surface area contributed by atoms with Crippen molar-refractivity contribution in [2.45, 2.75) is 64.0 Å². The molecule has 0 aromatic heterocycles. The van der Waals surface area contributed by atoms with Gasteiger partial charge in [-0.3, -0.25) is 4.79 Å². The van der Waals surface area contributed by atoms with Crippen LogP contribution in [0.4, 0.5) is 4.79 Å². The van der Waals surface area contributed by atoms with Crippen LogP contribution in [0.2, 0.25) is 0 Å². The second-order valence-electron chi connectivity index (χ2n) is 7.62. The first kappa shape index (κ1) is 18.9. The van der Waals surface area contributed by atoms with E-state index >= 15 is 0 Å². The smallest absolute Gasteiger partial charge is 0.416 e. The summed E-state index contributed by atoms with van der Waals surface area (Å²) in [4.78, 5) is 26.7. The van der Waals surface area contributed by atoms with Gasteiger partial charge in [0.1, 0.15) is 6.61 Å². The van der Waals surface area contributed by atoms with Crippen LogP contribution >= 0.6 is 0 Å². The fraction of sp³-hybridized carbons (Fsp3) is 0.619. The van der Waals surface area contributed by atoms with Gasteiger partial charge < -0.3 is 9.84 Å². The van der Waals surface area contributed by atoms with Crippen LogP contribution in [0.15, 0.2) is 30.3 Å². The Morgan fingerprint density at radius 1 is 1.31 bits per heavy atom. The number of rotatable bonds is 9. The van der Waals surface area contributed by atoms with Crippen molar-refractivity contribution in [3.8, 4) is 0 Å². The maximum absolute atomic E-state index is 13.2. The minimum absolute atomic E-state index is 0.223. The molecule has 3 rings (SSSR count). The van der Waals surface area contributed by atoms with Crippen molar-refractivity contribution < 1.29 is 19.4 Å². The summed E-state index contributed by atoms with van der Waals surface area (Å²) in [5, 5.41) is 10.6. The number of benzene rings is 1. The molecule has 3 atom stereocenters. The highest BCUT2D eigenvalue weighted by atomic mass is 16.6. The van der Waals surface area contributed by atoms with Gasteiger partial charge >= 0.3 is 6.09 Å². The lowest BCUT2D eigenvalue weighted by atomic mass is 9.90. The Morgan fingerprint density at radius 2 is 2.04 bits per heavy atom. The molecule has 2 aliphatic rings. The predicted octanol–water partition coefficient (Wildman–Crippen LogP) is 3.54. The molecule has 3 unspecified atom stereocenters. The van der Waals surface area contributed by atoms with Gasteiger partial charge in [0.15, 0.2) is 0 Å². The predicted molar refractivity (Wildman–Crippen MR) is 98.5 cm³/mol. The number of aliphatic hydroxyl groups is 1. The third-order valence-corrected chi connectivity index (χ3v) is 5.43. The summed E-state index contributed by atoms with van der Waals surface area (Å²) in [6.07, 6.45) is 4.69. The summed E-state index contributed by atoms with van der Waals surface area (Å²) in [5.41, 5.74) is 1.07. The van der Waals surface area contributed by atoms with E-state index in [2.05, 4.69) is 6.92 Å². The number of aliphatic hydroxyl groups excluding tert-OH is 1. The molecule has 5 heteroatoms. The van der Waals surface area contributed by atoms with Gasteiger partial charge in [0.05, 0.1) is 18.1 Å². The summed E-state index contributed by atoms with van der Waals surface area (Å²) >= 11 is 0. The van der Waals surface area contributed by atoms with E-state index < -0.39 is 18.1 Å². The molecule has 1 aromatic carbocycles. The lowest BCUT2D eigenvalue weighted by Crippen LogP contribution is -2.46. The van der Waals surface area contributed by atoms with E-state index in [4.69, 9.17) is 4.74 Å². The Balaban J connectivity index is 1.72. The second kappa shape index (κ2) is 8.67.